The minimum atomic E-state index is -4.29. The lowest BCUT2D eigenvalue weighted by Crippen LogP contribution is -2.52. The van der Waals surface area contributed by atoms with E-state index in [1.165, 1.54) is 41.3 Å². The van der Waals surface area contributed by atoms with Crippen LogP contribution in [0.5, 0.6) is 0 Å². The van der Waals surface area contributed by atoms with Crippen LogP contribution in [0.2, 0.25) is 20.1 Å². The summed E-state index contributed by atoms with van der Waals surface area (Å²) in [6.45, 7) is 6.23. The molecule has 3 aromatic carbocycles. The number of nitrogens with one attached hydrogen (secondary N) is 1. The quantitative estimate of drug-likeness (QED) is 0.265. The van der Waals surface area contributed by atoms with Gasteiger partial charge in [0.25, 0.3) is 10.0 Å². The van der Waals surface area contributed by atoms with Gasteiger partial charge in [-0.3, -0.25) is 13.9 Å². The maximum Gasteiger partial charge on any atom is 0.264 e. The highest BCUT2D eigenvalue weighted by atomic mass is 35.5. The predicted octanol–water partition coefficient (Wildman–Crippen LogP) is 6.75. The van der Waals surface area contributed by atoms with E-state index in [2.05, 4.69) is 5.32 Å². The molecule has 12 heteroatoms. The van der Waals surface area contributed by atoms with Crippen LogP contribution in [0.4, 0.5) is 5.69 Å². The zero-order valence-corrected chi connectivity index (χ0v) is 26.1. The van der Waals surface area contributed by atoms with Crippen LogP contribution in [0.1, 0.15) is 31.9 Å². The largest absolute Gasteiger partial charge is 0.352 e. The monoisotopic (exact) mass is 643 g/mol. The van der Waals surface area contributed by atoms with Crippen molar-refractivity contribution in [3.05, 3.63) is 91.9 Å². The molecule has 0 saturated heterocycles. The highest BCUT2D eigenvalue weighted by Crippen LogP contribution is 2.35. The van der Waals surface area contributed by atoms with Gasteiger partial charge in [-0.15, -0.1) is 0 Å². The number of nitrogens with zero attached hydrogens (tertiary/aromatic N) is 2. The first-order chi connectivity index (χ1) is 18.7. The van der Waals surface area contributed by atoms with E-state index in [0.717, 1.165) is 9.87 Å². The van der Waals surface area contributed by atoms with E-state index in [4.69, 9.17) is 46.4 Å². The van der Waals surface area contributed by atoms with Gasteiger partial charge in [-0.2, -0.15) is 0 Å². The van der Waals surface area contributed by atoms with Crippen LogP contribution in [0.3, 0.4) is 0 Å². The van der Waals surface area contributed by atoms with Crippen molar-refractivity contribution in [1.29, 1.82) is 0 Å². The van der Waals surface area contributed by atoms with Crippen LogP contribution < -0.4 is 9.62 Å². The molecule has 0 aliphatic carbocycles. The lowest BCUT2D eigenvalue weighted by molar-refractivity contribution is -0.139. The van der Waals surface area contributed by atoms with Gasteiger partial charge < -0.3 is 10.2 Å². The number of benzene rings is 3. The molecule has 0 radical (unpaired) electrons. The van der Waals surface area contributed by atoms with Gasteiger partial charge in [0.2, 0.25) is 11.8 Å². The Kier molecular flexibility index (Phi) is 10.8. The smallest absolute Gasteiger partial charge is 0.264 e. The van der Waals surface area contributed by atoms with Gasteiger partial charge >= 0.3 is 0 Å². The Morgan fingerprint density at radius 2 is 1.55 bits per heavy atom. The van der Waals surface area contributed by atoms with Crippen LogP contribution in [0.25, 0.3) is 0 Å². The molecule has 3 aromatic rings. The fraction of sp³-hybridized carbons (Fsp3) is 0.286. The van der Waals surface area contributed by atoms with E-state index in [1.54, 1.807) is 45.0 Å². The van der Waals surface area contributed by atoms with Crippen molar-refractivity contribution in [3.8, 4) is 0 Å². The van der Waals surface area contributed by atoms with Crippen molar-refractivity contribution >= 4 is 73.9 Å². The first kappa shape index (κ1) is 32.0. The Morgan fingerprint density at radius 3 is 2.15 bits per heavy atom. The van der Waals surface area contributed by atoms with Crippen molar-refractivity contribution in [2.75, 3.05) is 10.8 Å². The second-order valence-corrected chi connectivity index (χ2v) is 13.0. The summed E-state index contributed by atoms with van der Waals surface area (Å²) in [5.41, 5.74) is 1.41. The van der Waals surface area contributed by atoms with E-state index >= 15 is 0 Å². The third-order valence-electron chi connectivity index (χ3n) is 6.04. The summed E-state index contributed by atoms with van der Waals surface area (Å²) in [6, 6.07) is 14.3. The number of hydrogen-bond donors (Lipinski definition) is 1. The Labute approximate surface area is 255 Å². The van der Waals surface area contributed by atoms with Crippen LogP contribution >= 0.6 is 46.4 Å². The van der Waals surface area contributed by atoms with Gasteiger partial charge in [0, 0.05) is 22.6 Å². The second kappa shape index (κ2) is 13.4. The van der Waals surface area contributed by atoms with Crippen molar-refractivity contribution in [3.63, 3.8) is 0 Å². The third kappa shape index (κ3) is 7.62. The summed E-state index contributed by atoms with van der Waals surface area (Å²) in [4.78, 5) is 28.2. The van der Waals surface area contributed by atoms with Crippen molar-refractivity contribution < 1.29 is 18.0 Å². The summed E-state index contributed by atoms with van der Waals surface area (Å²) in [5, 5.41) is 3.57. The standard InChI is InChI=1S/C28H29Cl4N3O4S/c1-17(2)33-28(37)19(4)34(15-20-10-11-21(29)14-24(20)31)26(36)16-35(25-7-5-6-23(30)27(25)32)40(38,39)22-12-8-18(3)9-13-22/h5-14,17,19H,15-16H2,1-4H3,(H,33,37)/t19-/m0/s1. The lowest BCUT2D eigenvalue weighted by atomic mass is 10.1. The molecule has 1 N–H and O–H groups in total. The Balaban J connectivity index is 2.10. The number of aryl methyl sites for hydroxylation is 1. The third-order valence-corrected chi connectivity index (χ3v) is 9.21. The molecule has 0 unspecified atom stereocenters. The molecular formula is C28H29Cl4N3O4S. The number of anilines is 1. The Bertz CT molecular complexity index is 1500. The van der Waals surface area contributed by atoms with Gasteiger partial charge in [-0.25, -0.2) is 8.42 Å². The molecule has 40 heavy (non-hydrogen) atoms. The summed E-state index contributed by atoms with van der Waals surface area (Å²) in [6.07, 6.45) is 0. The lowest BCUT2D eigenvalue weighted by Gasteiger charge is -2.32. The average molecular weight is 645 g/mol. The normalized spacial score (nSPS) is 12.2. The number of hydrogen-bond acceptors (Lipinski definition) is 4. The van der Waals surface area contributed by atoms with E-state index in [9.17, 15) is 18.0 Å². The number of sulfonamides is 1. The van der Waals surface area contributed by atoms with Gasteiger partial charge in [-0.05, 0) is 69.7 Å². The predicted molar refractivity (Wildman–Crippen MR) is 162 cm³/mol. The van der Waals surface area contributed by atoms with Crippen LogP contribution in [0.15, 0.2) is 65.6 Å². The molecule has 0 fully saturated rings. The second-order valence-electron chi connectivity index (χ2n) is 9.49. The van der Waals surface area contributed by atoms with Crippen molar-refractivity contribution in [2.24, 2.45) is 0 Å². The molecule has 214 valence electrons. The maximum atomic E-state index is 14.0. The fourth-order valence-corrected chi connectivity index (χ4v) is 6.20. The fourth-order valence-electron chi connectivity index (χ4n) is 3.86. The summed E-state index contributed by atoms with van der Waals surface area (Å²) in [7, 11) is -4.29. The molecule has 0 aliphatic rings. The zero-order valence-electron chi connectivity index (χ0n) is 22.3. The molecule has 3 rings (SSSR count). The molecule has 7 nitrogen and oxygen atoms in total. The van der Waals surface area contributed by atoms with E-state index in [-0.39, 0.29) is 33.2 Å². The SMILES string of the molecule is Cc1ccc(S(=O)(=O)N(CC(=O)N(Cc2ccc(Cl)cc2Cl)[C@@H](C)C(=O)NC(C)C)c2cccc(Cl)c2Cl)cc1. The number of halogens is 4. The van der Waals surface area contributed by atoms with Gasteiger partial charge in [0.1, 0.15) is 12.6 Å². The molecule has 1 atom stereocenters. The molecule has 2 amide bonds. The molecule has 0 saturated carbocycles. The minimum absolute atomic E-state index is 0.0202. The van der Waals surface area contributed by atoms with E-state index < -0.39 is 34.4 Å². The molecule has 0 aliphatic heterocycles. The average Bonchev–Trinajstić information content (AvgIpc) is 2.88. The minimum Gasteiger partial charge on any atom is -0.352 e. The highest BCUT2D eigenvalue weighted by molar-refractivity contribution is 7.92. The van der Waals surface area contributed by atoms with Crippen molar-refractivity contribution in [1.82, 2.24) is 10.2 Å². The summed E-state index contributed by atoms with van der Waals surface area (Å²) in [5.74, 6) is -1.08. The number of carbonyl (C=O) groups excluding carboxylic acids is 2. The van der Waals surface area contributed by atoms with Gasteiger partial charge in [0.15, 0.2) is 0 Å². The topological polar surface area (TPSA) is 86.8 Å². The molecule has 0 bridgehead atoms. The van der Waals surface area contributed by atoms with E-state index in [1.807, 2.05) is 6.92 Å². The van der Waals surface area contributed by atoms with Crippen LogP contribution in [0, 0.1) is 6.92 Å². The Morgan fingerprint density at radius 1 is 0.900 bits per heavy atom. The van der Waals surface area contributed by atoms with Crippen LogP contribution in [-0.4, -0.2) is 43.8 Å². The highest BCUT2D eigenvalue weighted by Gasteiger charge is 2.34. The van der Waals surface area contributed by atoms with Crippen LogP contribution in [-0.2, 0) is 26.2 Å². The van der Waals surface area contributed by atoms with E-state index in [0.29, 0.717) is 15.6 Å². The van der Waals surface area contributed by atoms with Gasteiger partial charge in [-0.1, -0.05) is 76.2 Å². The summed E-state index contributed by atoms with van der Waals surface area (Å²) >= 11 is 25.1. The number of amides is 2. The Hall–Kier alpha value is -2.49. The molecule has 0 aromatic heterocycles. The number of carbonyl (C=O) groups is 2. The summed E-state index contributed by atoms with van der Waals surface area (Å²) < 4.78 is 28.7. The van der Waals surface area contributed by atoms with Gasteiger partial charge in [0.05, 0.1) is 20.6 Å². The number of rotatable bonds is 10. The van der Waals surface area contributed by atoms with Crippen molar-refractivity contribution in [2.45, 2.75) is 51.2 Å². The zero-order chi connectivity index (χ0) is 29.8. The first-order valence-corrected chi connectivity index (χ1v) is 15.2. The molecule has 0 heterocycles. The maximum absolute atomic E-state index is 14.0. The molecule has 0 spiro atoms. The molecular weight excluding hydrogens is 616 g/mol. The first-order valence-electron chi connectivity index (χ1n) is 12.3.